The Morgan fingerprint density at radius 3 is 1.90 bits per heavy atom. The fraction of sp³-hybridized carbons (Fsp3) is 0.500. The minimum atomic E-state index is -1.09. The molecule has 0 atom stereocenters. The molecule has 20 heavy (non-hydrogen) atoms. The first-order chi connectivity index (χ1) is 9.56. The monoisotopic (exact) mass is 278 g/mol. The number of hydrogen-bond acceptors (Lipinski definition) is 4. The van der Waals surface area contributed by atoms with E-state index < -0.39 is 10.9 Å². The van der Waals surface area contributed by atoms with Crippen molar-refractivity contribution in [3.63, 3.8) is 0 Å². The summed E-state index contributed by atoms with van der Waals surface area (Å²) in [5.74, 6) is 0.0184. The number of fused-ring (bicyclic) bond motifs is 3. The highest BCUT2D eigenvalue weighted by Gasteiger charge is 2.24. The Kier molecular flexibility index (Phi) is 4.68. The van der Waals surface area contributed by atoms with Crippen LogP contribution in [0.1, 0.15) is 29.6 Å². The third kappa shape index (κ3) is 3.77. The maximum Gasteiger partial charge on any atom is 0.335 e. The first-order valence-corrected chi connectivity index (χ1v) is 6.76. The molecular weight excluding hydrogens is 260 g/mol. The number of nitro benzene ring substituents is 1. The van der Waals surface area contributed by atoms with Crippen LogP contribution in [0.4, 0.5) is 5.69 Å². The molecule has 1 N–H and O–H groups in total. The lowest BCUT2D eigenvalue weighted by atomic mass is 9.89. The fourth-order valence-corrected chi connectivity index (χ4v) is 2.59. The van der Waals surface area contributed by atoms with E-state index in [1.54, 1.807) is 0 Å². The van der Waals surface area contributed by atoms with Crippen LogP contribution >= 0.6 is 0 Å². The quantitative estimate of drug-likeness (QED) is 0.663. The van der Waals surface area contributed by atoms with Crippen molar-refractivity contribution in [3.05, 3.63) is 39.9 Å². The van der Waals surface area contributed by atoms with Gasteiger partial charge in [-0.3, -0.25) is 10.1 Å². The first-order valence-electron chi connectivity index (χ1n) is 6.76. The molecule has 0 amide bonds. The molecule has 3 aliphatic heterocycles. The van der Waals surface area contributed by atoms with Gasteiger partial charge in [-0.05, 0) is 56.9 Å². The SMILES string of the molecule is C1CN2CCC1CC2.O=C(O)c1ccc([N+](=O)[O-])cc1. The number of aromatic carboxylic acids is 1. The topological polar surface area (TPSA) is 83.7 Å². The molecule has 0 unspecified atom stereocenters. The zero-order valence-corrected chi connectivity index (χ0v) is 11.2. The Morgan fingerprint density at radius 2 is 1.65 bits per heavy atom. The van der Waals surface area contributed by atoms with Gasteiger partial charge in [-0.25, -0.2) is 4.79 Å². The number of piperidine rings is 3. The lowest BCUT2D eigenvalue weighted by Crippen LogP contribution is -2.41. The number of non-ortho nitro benzene ring substituents is 1. The number of rotatable bonds is 2. The fourth-order valence-electron chi connectivity index (χ4n) is 2.59. The number of carbonyl (C=O) groups is 1. The van der Waals surface area contributed by atoms with Crippen LogP contribution in [0.2, 0.25) is 0 Å². The zero-order valence-electron chi connectivity index (χ0n) is 11.2. The number of carboxylic acids is 1. The van der Waals surface area contributed by atoms with E-state index >= 15 is 0 Å². The summed E-state index contributed by atoms with van der Waals surface area (Å²) in [6, 6.07) is 4.70. The third-order valence-electron chi connectivity index (χ3n) is 3.89. The van der Waals surface area contributed by atoms with E-state index in [0.717, 1.165) is 18.1 Å². The maximum absolute atomic E-state index is 10.3. The number of hydrogen-bond donors (Lipinski definition) is 1. The standard InChI is InChI=1S/C7H5NO4.C7H13N/c9-7(10)5-1-3-6(4-2-5)8(11)12;1-4-8-5-2-7(1)3-6-8/h1-4H,(H,9,10);7H,1-6H2. The molecule has 6 heteroatoms. The van der Waals surface area contributed by atoms with E-state index in [4.69, 9.17) is 5.11 Å². The summed E-state index contributed by atoms with van der Waals surface area (Å²) < 4.78 is 0. The van der Waals surface area contributed by atoms with Crippen LogP contribution in [0.25, 0.3) is 0 Å². The molecule has 0 aromatic heterocycles. The van der Waals surface area contributed by atoms with Crippen molar-refractivity contribution in [1.82, 2.24) is 4.90 Å². The number of nitro groups is 1. The molecule has 1 aromatic rings. The minimum Gasteiger partial charge on any atom is -0.478 e. The second-order valence-electron chi connectivity index (χ2n) is 5.18. The van der Waals surface area contributed by atoms with Crippen LogP contribution in [0.3, 0.4) is 0 Å². The van der Waals surface area contributed by atoms with Crippen LogP contribution in [0, 0.1) is 16.0 Å². The van der Waals surface area contributed by atoms with E-state index in [9.17, 15) is 14.9 Å². The molecule has 4 rings (SSSR count). The summed E-state index contributed by atoms with van der Waals surface area (Å²) >= 11 is 0. The molecule has 0 radical (unpaired) electrons. The maximum atomic E-state index is 10.3. The van der Waals surface area contributed by atoms with Gasteiger partial charge in [0.05, 0.1) is 10.5 Å². The molecule has 3 heterocycles. The summed E-state index contributed by atoms with van der Waals surface area (Å²) in [6.45, 7) is 4.18. The number of benzene rings is 1. The Balaban J connectivity index is 0.000000157. The first kappa shape index (κ1) is 14.5. The van der Waals surface area contributed by atoms with Gasteiger partial charge in [0.15, 0.2) is 0 Å². The zero-order chi connectivity index (χ0) is 14.5. The van der Waals surface area contributed by atoms with Crippen LogP contribution in [0.15, 0.2) is 24.3 Å². The van der Waals surface area contributed by atoms with Crippen molar-refractivity contribution >= 4 is 11.7 Å². The Hall–Kier alpha value is -1.95. The molecule has 3 aliphatic rings. The van der Waals surface area contributed by atoms with Gasteiger partial charge in [-0.2, -0.15) is 0 Å². The van der Waals surface area contributed by atoms with E-state index in [-0.39, 0.29) is 11.3 Å². The van der Waals surface area contributed by atoms with Crippen molar-refractivity contribution < 1.29 is 14.8 Å². The smallest absolute Gasteiger partial charge is 0.335 e. The molecule has 2 bridgehead atoms. The van der Waals surface area contributed by atoms with Crippen molar-refractivity contribution in [2.24, 2.45) is 5.92 Å². The summed E-state index contributed by atoms with van der Waals surface area (Å²) in [7, 11) is 0. The van der Waals surface area contributed by atoms with Crippen molar-refractivity contribution in [2.75, 3.05) is 19.6 Å². The van der Waals surface area contributed by atoms with Crippen LogP contribution < -0.4 is 0 Å². The summed E-state index contributed by atoms with van der Waals surface area (Å²) in [6.07, 6.45) is 4.46. The second kappa shape index (κ2) is 6.47. The predicted octanol–water partition coefficient (Wildman–Crippen LogP) is 2.40. The van der Waals surface area contributed by atoms with Crippen LogP contribution in [-0.2, 0) is 0 Å². The van der Waals surface area contributed by atoms with Gasteiger partial charge in [-0.15, -0.1) is 0 Å². The number of nitrogens with zero attached hydrogens (tertiary/aromatic N) is 2. The summed E-state index contributed by atoms with van der Waals surface area (Å²) in [4.78, 5) is 22.5. The van der Waals surface area contributed by atoms with Crippen molar-refractivity contribution in [3.8, 4) is 0 Å². The second-order valence-corrected chi connectivity index (χ2v) is 5.18. The Morgan fingerprint density at radius 1 is 1.15 bits per heavy atom. The van der Waals surface area contributed by atoms with Gasteiger partial charge in [0.25, 0.3) is 5.69 Å². The Labute approximate surface area is 117 Å². The molecule has 108 valence electrons. The summed E-state index contributed by atoms with van der Waals surface area (Å²) in [5, 5.41) is 18.6. The molecule has 6 nitrogen and oxygen atoms in total. The van der Waals surface area contributed by atoms with Crippen molar-refractivity contribution in [1.29, 1.82) is 0 Å². The average molecular weight is 278 g/mol. The van der Waals surface area contributed by atoms with Gasteiger partial charge in [-0.1, -0.05) is 0 Å². The molecular formula is C14H18N2O4. The minimum absolute atomic E-state index is 0.0422. The van der Waals surface area contributed by atoms with Crippen molar-refractivity contribution in [2.45, 2.75) is 19.3 Å². The van der Waals surface area contributed by atoms with E-state index in [2.05, 4.69) is 4.90 Å². The number of carboxylic acid groups (broad SMARTS) is 1. The lowest BCUT2D eigenvalue weighted by Gasteiger charge is -2.38. The molecule has 0 aliphatic carbocycles. The van der Waals surface area contributed by atoms with Gasteiger partial charge in [0, 0.05) is 12.1 Å². The highest BCUT2D eigenvalue weighted by Crippen LogP contribution is 2.26. The van der Waals surface area contributed by atoms with Crippen LogP contribution in [0.5, 0.6) is 0 Å². The van der Waals surface area contributed by atoms with Gasteiger partial charge >= 0.3 is 5.97 Å². The van der Waals surface area contributed by atoms with Crippen LogP contribution in [-0.4, -0.2) is 40.5 Å². The third-order valence-corrected chi connectivity index (χ3v) is 3.89. The highest BCUT2D eigenvalue weighted by molar-refractivity contribution is 5.87. The van der Waals surface area contributed by atoms with Gasteiger partial charge < -0.3 is 10.0 Å². The van der Waals surface area contributed by atoms with Gasteiger partial charge in [0.2, 0.25) is 0 Å². The van der Waals surface area contributed by atoms with E-state index in [0.29, 0.717) is 0 Å². The molecule has 1 aromatic carbocycles. The van der Waals surface area contributed by atoms with E-state index in [1.807, 2.05) is 0 Å². The molecule has 3 saturated heterocycles. The molecule has 0 saturated carbocycles. The largest absolute Gasteiger partial charge is 0.478 e. The Bertz CT molecular complexity index is 422. The van der Waals surface area contributed by atoms with E-state index in [1.165, 1.54) is 51.0 Å². The predicted molar refractivity (Wildman–Crippen MR) is 73.8 cm³/mol. The lowest BCUT2D eigenvalue weighted by molar-refractivity contribution is -0.384. The molecule has 0 spiro atoms. The highest BCUT2D eigenvalue weighted by atomic mass is 16.6. The molecule has 3 fully saturated rings. The normalized spacial score (nSPS) is 23.6. The van der Waals surface area contributed by atoms with Gasteiger partial charge in [0.1, 0.15) is 0 Å². The average Bonchev–Trinajstić information content (AvgIpc) is 2.50. The summed E-state index contributed by atoms with van der Waals surface area (Å²) in [5.41, 5.74) is -0.0689.